The molecule has 1 amide bonds. The van der Waals surface area contributed by atoms with Gasteiger partial charge in [-0.05, 0) is 55.4 Å². The van der Waals surface area contributed by atoms with E-state index in [0.29, 0.717) is 0 Å². The average molecular weight is 364 g/mol. The number of hydrogen-bond acceptors (Lipinski definition) is 3. The van der Waals surface area contributed by atoms with E-state index in [1.54, 1.807) is 0 Å². The number of rotatable bonds is 4. The first-order chi connectivity index (χ1) is 13.2. The number of hydrogen-bond donors (Lipinski definition) is 2. The van der Waals surface area contributed by atoms with Crippen molar-refractivity contribution in [1.82, 2.24) is 5.32 Å². The average Bonchev–Trinajstić information content (AvgIpc) is 3.24. The summed E-state index contributed by atoms with van der Waals surface area (Å²) < 4.78 is 0. The molecular weight excluding hydrogens is 334 g/mol. The molecule has 4 nitrogen and oxygen atoms in total. The van der Waals surface area contributed by atoms with Gasteiger partial charge in [0.2, 0.25) is 5.91 Å². The molecule has 1 atom stereocenters. The molecule has 2 N–H and O–H groups in total. The van der Waals surface area contributed by atoms with Crippen molar-refractivity contribution in [1.29, 1.82) is 0 Å². The Balaban J connectivity index is 1.50. The summed E-state index contributed by atoms with van der Waals surface area (Å²) in [6.07, 6.45) is 12.5. The van der Waals surface area contributed by atoms with E-state index in [0.717, 1.165) is 55.7 Å². The number of nitrogens with zero attached hydrogens (tertiary/aromatic N) is 1. The molecule has 0 spiro atoms. The number of carbonyl (C=O) groups excluding carboxylic acids is 1. The number of benzene rings is 1. The van der Waals surface area contributed by atoms with Gasteiger partial charge < -0.3 is 10.6 Å². The van der Waals surface area contributed by atoms with Gasteiger partial charge in [0.1, 0.15) is 5.84 Å². The summed E-state index contributed by atoms with van der Waals surface area (Å²) in [5.74, 6) is 1.36. The van der Waals surface area contributed by atoms with Crippen LogP contribution in [-0.4, -0.2) is 17.8 Å². The lowest BCUT2D eigenvalue weighted by atomic mass is 9.91. The van der Waals surface area contributed by atoms with Gasteiger partial charge >= 0.3 is 0 Å². The number of anilines is 1. The third kappa shape index (κ3) is 4.15. The van der Waals surface area contributed by atoms with Crippen LogP contribution in [0.15, 0.2) is 52.7 Å². The molecule has 4 rings (SSSR count). The van der Waals surface area contributed by atoms with Crippen molar-refractivity contribution in [3.05, 3.63) is 53.3 Å². The van der Waals surface area contributed by atoms with Crippen LogP contribution in [0, 0.1) is 5.92 Å². The van der Waals surface area contributed by atoms with Crippen LogP contribution in [0.1, 0.15) is 57.4 Å². The Hall–Kier alpha value is -2.36. The van der Waals surface area contributed by atoms with Gasteiger partial charge in [0.05, 0.1) is 6.04 Å². The van der Waals surface area contributed by atoms with Crippen molar-refractivity contribution in [2.45, 2.75) is 64.3 Å². The molecule has 1 unspecified atom stereocenters. The Bertz CT molecular complexity index is 782. The summed E-state index contributed by atoms with van der Waals surface area (Å²) in [6.45, 7) is 2.16. The second kappa shape index (κ2) is 8.12. The van der Waals surface area contributed by atoms with Crippen LogP contribution in [0.3, 0.4) is 0 Å². The fourth-order valence-electron chi connectivity index (χ4n) is 4.30. The zero-order chi connectivity index (χ0) is 18.6. The Morgan fingerprint density at radius 3 is 2.70 bits per heavy atom. The lowest BCUT2D eigenvalue weighted by Gasteiger charge is -2.30. The molecule has 142 valence electrons. The van der Waals surface area contributed by atoms with E-state index in [1.165, 1.54) is 24.0 Å². The molecule has 4 heteroatoms. The van der Waals surface area contributed by atoms with Crippen molar-refractivity contribution >= 4 is 17.4 Å². The highest BCUT2D eigenvalue weighted by molar-refractivity contribution is 5.98. The smallest absolute Gasteiger partial charge is 0.223 e. The topological polar surface area (TPSA) is 53.5 Å². The van der Waals surface area contributed by atoms with E-state index in [9.17, 15) is 4.79 Å². The van der Waals surface area contributed by atoms with Gasteiger partial charge in [-0.25, -0.2) is 4.99 Å². The van der Waals surface area contributed by atoms with Crippen LogP contribution < -0.4 is 10.6 Å². The van der Waals surface area contributed by atoms with Crippen LogP contribution in [0.25, 0.3) is 0 Å². The summed E-state index contributed by atoms with van der Waals surface area (Å²) in [5, 5.41) is 6.80. The lowest BCUT2D eigenvalue weighted by molar-refractivity contribution is -0.125. The highest BCUT2D eigenvalue weighted by Gasteiger charge is 2.30. The third-order valence-corrected chi connectivity index (χ3v) is 5.91. The van der Waals surface area contributed by atoms with Crippen molar-refractivity contribution in [3.8, 4) is 0 Å². The first kappa shape index (κ1) is 18.0. The zero-order valence-electron chi connectivity index (χ0n) is 16.1. The van der Waals surface area contributed by atoms with Gasteiger partial charge in [0.25, 0.3) is 0 Å². The predicted molar refractivity (Wildman–Crippen MR) is 111 cm³/mol. The number of allylic oxidation sites excluding steroid dienone is 2. The van der Waals surface area contributed by atoms with Gasteiger partial charge in [-0.15, -0.1) is 0 Å². The number of aliphatic imine (C=N–C) groups is 1. The van der Waals surface area contributed by atoms with Crippen LogP contribution >= 0.6 is 0 Å². The van der Waals surface area contributed by atoms with Gasteiger partial charge in [0.15, 0.2) is 0 Å². The summed E-state index contributed by atoms with van der Waals surface area (Å²) in [5.41, 5.74) is 4.70. The van der Waals surface area contributed by atoms with E-state index in [2.05, 4.69) is 54.0 Å². The standard InChI is InChI=1S/C23H29N3O/c1-2-16-11-13-18(14-12-16)24-22-15-21(19-9-5-6-10-20(19)25-22)26-23(27)17-7-3-4-8-17/h5,9,11-14,17,21H,2-4,6-8,10,15H2,1H3,(H,24,25)(H,26,27). The van der Waals surface area contributed by atoms with E-state index in [4.69, 9.17) is 4.99 Å². The molecule has 0 aromatic heterocycles. The van der Waals surface area contributed by atoms with Crippen molar-refractivity contribution in [2.75, 3.05) is 5.32 Å². The molecule has 2 aliphatic carbocycles. The number of amides is 1. The molecule has 1 heterocycles. The minimum atomic E-state index is 0.0274. The van der Waals surface area contributed by atoms with Gasteiger partial charge in [0, 0.05) is 23.7 Å². The summed E-state index contributed by atoms with van der Waals surface area (Å²) >= 11 is 0. The van der Waals surface area contributed by atoms with Gasteiger partial charge in [-0.3, -0.25) is 4.79 Å². The highest BCUT2D eigenvalue weighted by Crippen LogP contribution is 2.30. The first-order valence-electron chi connectivity index (χ1n) is 10.4. The van der Waals surface area contributed by atoms with Crippen LogP contribution in [-0.2, 0) is 11.2 Å². The molecule has 1 aromatic rings. The predicted octanol–water partition coefficient (Wildman–Crippen LogP) is 4.74. The molecule has 0 bridgehead atoms. The minimum absolute atomic E-state index is 0.0274. The Morgan fingerprint density at radius 1 is 1.19 bits per heavy atom. The Kier molecular flexibility index (Phi) is 5.42. The summed E-state index contributed by atoms with van der Waals surface area (Å²) in [6, 6.07) is 8.55. The van der Waals surface area contributed by atoms with E-state index < -0.39 is 0 Å². The lowest BCUT2D eigenvalue weighted by Crippen LogP contribution is -2.43. The molecule has 0 radical (unpaired) electrons. The van der Waals surface area contributed by atoms with Crippen LogP contribution in [0.2, 0.25) is 0 Å². The quantitative estimate of drug-likeness (QED) is 0.812. The molecule has 1 aromatic carbocycles. The molecule has 1 saturated carbocycles. The monoisotopic (exact) mass is 363 g/mol. The van der Waals surface area contributed by atoms with E-state index >= 15 is 0 Å². The fraction of sp³-hybridized carbons (Fsp3) is 0.478. The largest absolute Gasteiger partial charge is 0.349 e. The summed E-state index contributed by atoms with van der Waals surface area (Å²) in [7, 11) is 0. The maximum absolute atomic E-state index is 12.7. The molecule has 27 heavy (non-hydrogen) atoms. The third-order valence-electron chi connectivity index (χ3n) is 5.91. The molecular formula is C23H29N3O. The normalized spacial score (nSPS) is 22.4. The number of aryl methyl sites for hydroxylation is 1. The highest BCUT2D eigenvalue weighted by atomic mass is 16.1. The van der Waals surface area contributed by atoms with Gasteiger partial charge in [-0.1, -0.05) is 44.1 Å². The minimum Gasteiger partial charge on any atom is -0.349 e. The number of nitrogens with one attached hydrogen (secondary N) is 2. The molecule has 0 saturated heterocycles. The van der Waals surface area contributed by atoms with Crippen molar-refractivity contribution < 1.29 is 4.79 Å². The van der Waals surface area contributed by atoms with Crippen LogP contribution in [0.4, 0.5) is 5.69 Å². The van der Waals surface area contributed by atoms with Gasteiger partial charge in [-0.2, -0.15) is 0 Å². The van der Waals surface area contributed by atoms with E-state index in [-0.39, 0.29) is 17.9 Å². The SMILES string of the molecule is CCc1ccc(NC2=NC3=C(C=CCC3)C(NC(=O)C3CCCC3)C2)cc1. The molecule has 1 aliphatic heterocycles. The first-order valence-corrected chi connectivity index (χ1v) is 10.4. The number of carbonyl (C=O) groups is 1. The van der Waals surface area contributed by atoms with Crippen molar-refractivity contribution in [2.24, 2.45) is 10.9 Å². The maximum atomic E-state index is 12.7. The Morgan fingerprint density at radius 2 is 1.96 bits per heavy atom. The molecule has 3 aliphatic rings. The second-order valence-electron chi connectivity index (χ2n) is 7.82. The fourth-order valence-corrected chi connectivity index (χ4v) is 4.30. The summed E-state index contributed by atoms with van der Waals surface area (Å²) in [4.78, 5) is 17.6. The maximum Gasteiger partial charge on any atom is 0.223 e. The van der Waals surface area contributed by atoms with Crippen LogP contribution in [0.5, 0.6) is 0 Å². The van der Waals surface area contributed by atoms with Crippen molar-refractivity contribution in [3.63, 3.8) is 0 Å². The molecule has 1 fully saturated rings. The van der Waals surface area contributed by atoms with E-state index in [1.807, 2.05) is 0 Å². The Labute approximate surface area is 161 Å². The second-order valence-corrected chi connectivity index (χ2v) is 7.82. The number of amidine groups is 1. The zero-order valence-corrected chi connectivity index (χ0v) is 16.1.